The topological polar surface area (TPSA) is 88.7 Å². The van der Waals surface area contributed by atoms with Crippen molar-refractivity contribution in [2.24, 2.45) is 0 Å². The van der Waals surface area contributed by atoms with Gasteiger partial charge in [0.25, 0.3) is 0 Å². The van der Waals surface area contributed by atoms with Crippen LogP contribution in [0.15, 0.2) is 53.1 Å². The molecule has 0 saturated carbocycles. The predicted octanol–water partition coefficient (Wildman–Crippen LogP) is 1.13. The number of aromatic carboxylic acids is 1. The molecule has 166 valence electrons. The monoisotopic (exact) mass is 525 g/mol. The van der Waals surface area contributed by atoms with Gasteiger partial charge in [0, 0.05) is 23.1 Å². The molecule has 0 fully saturated rings. The van der Waals surface area contributed by atoms with E-state index in [2.05, 4.69) is 51.6 Å². The number of pyridine rings is 1. The van der Waals surface area contributed by atoms with Crippen LogP contribution in [0.3, 0.4) is 0 Å². The Hall–Kier alpha value is -2.52. The van der Waals surface area contributed by atoms with E-state index in [0.29, 0.717) is 16.8 Å². The van der Waals surface area contributed by atoms with Crippen LogP contribution in [0.25, 0.3) is 27.8 Å². The molecule has 0 saturated heterocycles. The minimum atomic E-state index is -1.24. The van der Waals surface area contributed by atoms with Crippen LogP contribution >= 0.6 is 15.9 Å². The first-order chi connectivity index (χ1) is 15.9. The van der Waals surface area contributed by atoms with E-state index in [-0.39, 0.29) is 35.1 Å². The fraction of sp³-hybridized carbons (Fsp3) is 0.200. The summed E-state index contributed by atoms with van der Waals surface area (Å²) in [5.41, 5.74) is 6.35. The van der Waals surface area contributed by atoms with Gasteiger partial charge in [-0.3, -0.25) is 0 Å². The molecule has 0 bridgehead atoms. The first-order valence-corrected chi connectivity index (χ1v) is 11.5. The number of carboxylic acids is 1. The van der Waals surface area contributed by atoms with Crippen LogP contribution in [-0.2, 0) is 13.0 Å². The minimum absolute atomic E-state index is 0. The predicted molar refractivity (Wildman–Crippen MR) is 129 cm³/mol. The van der Waals surface area contributed by atoms with Gasteiger partial charge >= 0.3 is 29.6 Å². The Morgan fingerprint density at radius 1 is 1.09 bits per heavy atom. The van der Waals surface area contributed by atoms with Crippen molar-refractivity contribution in [3.8, 4) is 5.69 Å². The number of para-hydroxylation sites is 1. The van der Waals surface area contributed by atoms with E-state index in [1.54, 1.807) is 22.9 Å². The number of aryl methyl sites for hydroxylation is 3. The molecule has 5 aromatic rings. The summed E-state index contributed by atoms with van der Waals surface area (Å²) in [5.74, 6) is -0.247. The van der Waals surface area contributed by atoms with Crippen LogP contribution in [0.5, 0.6) is 0 Å². The number of carboxylic acid groups (broad SMARTS) is 1. The van der Waals surface area contributed by atoms with Crippen molar-refractivity contribution in [3.05, 3.63) is 81.3 Å². The Balaban J connectivity index is 0.00000274. The van der Waals surface area contributed by atoms with Gasteiger partial charge in [0.2, 0.25) is 0 Å². The first-order valence-electron chi connectivity index (χ1n) is 10.7. The van der Waals surface area contributed by atoms with Crippen molar-refractivity contribution in [3.63, 3.8) is 0 Å². The van der Waals surface area contributed by atoms with Crippen molar-refractivity contribution in [1.82, 2.24) is 24.3 Å². The zero-order chi connectivity index (χ0) is 23.3. The van der Waals surface area contributed by atoms with Crippen molar-refractivity contribution < 1.29 is 39.5 Å². The smallest absolute Gasteiger partial charge is 0.545 e. The molecule has 0 aliphatic carbocycles. The van der Waals surface area contributed by atoms with Crippen molar-refractivity contribution in [2.75, 3.05) is 0 Å². The summed E-state index contributed by atoms with van der Waals surface area (Å²) in [6.07, 6.45) is 0.804. The van der Waals surface area contributed by atoms with Crippen LogP contribution < -0.4 is 34.7 Å². The SMILES string of the molecule is CCc1nc2c(C)cc(C)nc2n1Cc1ccc2c(c1)c(Br)nn2-c1ccccc1C(=O)[O-].[Na+]. The fourth-order valence-electron chi connectivity index (χ4n) is 4.31. The third-order valence-electron chi connectivity index (χ3n) is 5.81. The summed E-state index contributed by atoms with van der Waals surface area (Å²) >= 11 is 3.55. The molecule has 0 spiro atoms. The van der Waals surface area contributed by atoms with Gasteiger partial charge < -0.3 is 14.5 Å². The average Bonchev–Trinajstić information content (AvgIpc) is 3.31. The van der Waals surface area contributed by atoms with E-state index in [0.717, 1.165) is 51.1 Å². The Bertz CT molecular complexity index is 1560. The molecule has 0 aliphatic heterocycles. The molecule has 0 radical (unpaired) electrons. The van der Waals surface area contributed by atoms with E-state index in [1.165, 1.54) is 6.07 Å². The number of fused-ring (bicyclic) bond motifs is 2. The van der Waals surface area contributed by atoms with E-state index in [1.807, 2.05) is 19.1 Å². The van der Waals surface area contributed by atoms with Gasteiger partial charge in [0.1, 0.15) is 15.9 Å². The molecule has 0 aliphatic rings. The third-order valence-corrected chi connectivity index (χ3v) is 6.40. The standard InChI is InChI=1S/C25H22BrN5O2.Na/c1-4-21-28-22-14(2)11-15(3)27-24(22)30(21)13-16-9-10-20-18(12-16)23(26)29-31(20)19-8-6-5-7-17(19)25(32)33;/h5-12H,4,13H2,1-3H3,(H,32,33);/q;+1/p-1. The van der Waals surface area contributed by atoms with Crippen LogP contribution in [0.2, 0.25) is 0 Å². The number of halogens is 1. The number of imidazole rings is 1. The minimum Gasteiger partial charge on any atom is -0.545 e. The second-order valence-electron chi connectivity index (χ2n) is 8.08. The average molecular weight is 526 g/mol. The summed E-state index contributed by atoms with van der Waals surface area (Å²) in [5, 5.41) is 17.1. The summed E-state index contributed by atoms with van der Waals surface area (Å²) in [6, 6.07) is 14.8. The number of nitrogens with zero attached hydrogens (tertiary/aromatic N) is 5. The fourth-order valence-corrected chi connectivity index (χ4v) is 4.78. The van der Waals surface area contributed by atoms with E-state index in [4.69, 9.17) is 9.97 Å². The number of benzene rings is 2. The molecular weight excluding hydrogens is 505 g/mol. The Kier molecular flexibility index (Phi) is 6.96. The van der Waals surface area contributed by atoms with Crippen LogP contribution in [0.4, 0.5) is 0 Å². The van der Waals surface area contributed by atoms with E-state index >= 15 is 0 Å². The van der Waals surface area contributed by atoms with Gasteiger partial charge in [0.05, 0.1) is 23.7 Å². The van der Waals surface area contributed by atoms with Crippen LogP contribution in [0, 0.1) is 13.8 Å². The number of carbonyl (C=O) groups excluding carboxylic acids is 1. The molecular formula is C25H21BrN5NaO2. The van der Waals surface area contributed by atoms with Crippen LogP contribution in [-0.4, -0.2) is 30.3 Å². The quantitative estimate of drug-likeness (QED) is 0.321. The molecule has 7 nitrogen and oxygen atoms in total. The summed E-state index contributed by atoms with van der Waals surface area (Å²) in [4.78, 5) is 21.2. The summed E-state index contributed by atoms with van der Waals surface area (Å²) in [6.45, 7) is 6.78. The molecule has 9 heteroatoms. The molecule has 3 aromatic heterocycles. The molecule has 3 heterocycles. The molecule has 0 amide bonds. The number of aromatic nitrogens is 5. The second-order valence-corrected chi connectivity index (χ2v) is 8.83. The maximum Gasteiger partial charge on any atom is 1.00 e. The molecule has 0 N–H and O–H groups in total. The summed E-state index contributed by atoms with van der Waals surface area (Å²) in [7, 11) is 0. The number of hydrogen-bond donors (Lipinski definition) is 0. The van der Waals surface area contributed by atoms with Gasteiger partial charge in [-0.1, -0.05) is 31.2 Å². The largest absolute Gasteiger partial charge is 1.00 e. The van der Waals surface area contributed by atoms with Gasteiger partial charge in [-0.05, 0) is 65.2 Å². The first kappa shape index (κ1) is 24.6. The second kappa shape index (κ2) is 9.62. The molecule has 34 heavy (non-hydrogen) atoms. The number of carbonyl (C=O) groups is 1. The molecule has 2 aromatic carbocycles. The maximum atomic E-state index is 11.6. The number of rotatable bonds is 5. The Morgan fingerprint density at radius 2 is 1.85 bits per heavy atom. The number of hydrogen-bond acceptors (Lipinski definition) is 5. The van der Waals surface area contributed by atoms with Crippen molar-refractivity contribution >= 4 is 44.0 Å². The Labute approximate surface area is 227 Å². The molecule has 0 atom stereocenters. The van der Waals surface area contributed by atoms with Crippen molar-refractivity contribution in [2.45, 2.75) is 33.7 Å². The normalized spacial score (nSPS) is 11.2. The van der Waals surface area contributed by atoms with E-state index in [9.17, 15) is 9.90 Å². The van der Waals surface area contributed by atoms with Gasteiger partial charge in [-0.25, -0.2) is 14.6 Å². The van der Waals surface area contributed by atoms with Gasteiger partial charge in [0.15, 0.2) is 5.65 Å². The molecule has 5 rings (SSSR count). The van der Waals surface area contributed by atoms with Gasteiger partial charge in [-0.2, -0.15) is 5.10 Å². The summed E-state index contributed by atoms with van der Waals surface area (Å²) < 4.78 is 4.44. The Morgan fingerprint density at radius 3 is 2.59 bits per heavy atom. The van der Waals surface area contributed by atoms with Crippen molar-refractivity contribution in [1.29, 1.82) is 0 Å². The zero-order valence-electron chi connectivity index (χ0n) is 19.5. The maximum absolute atomic E-state index is 11.6. The zero-order valence-corrected chi connectivity index (χ0v) is 23.0. The van der Waals surface area contributed by atoms with Gasteiger partial charge in [-0.15, -0.1) is 0 Å². The third kappa shape index (κ3) is 4.20. The molecule has 0 unspecified atom stereocenters. The van der Waals surface area contributed by atoms with E-state index < -0.39 is 5.97 Å². The van der Waals surface area contributed by atoms with Crippen LogP contribution in [0.1, 0.15) is 39.9 Å².